The van der Waals surface area contributed by atoms with Crippen molar-refractivity contribution in [3.05, 3.63) is 72.7 Å². The highest BCUT2D eigenvalue weighted by atomic mass is 16.6. The number of cyclic esters (lactones) is 1. The van der Waals surface area contributed by atoms with Gasteiger partial charge in [-0.3, -0.25) is 4.98 Å². The van der Waals surface area contributed by atoms with Crippen LogP contribution in [0.3, 0.4) is 0 Å². The number of nitrogens with one attached hydrogen (secondary N) is 1. The monoisotopic (exact) mass is 307 g/mol. The maximum Gasteiger partial charge on any atom is 0.408 e. The summed E-state index contributed by atoms with van der Waals surface area (Å²) in [4.78, 5) is 20.0. The Kier molecular flexibility index (Phi) is 3.27. The molecule has 1 aliphatic heterocycles. The van der Waals surface area contributed by atoms with Gasteiger partial charge in [0.25, 0.3) is 0 Å². The van der Waals surface area contributed by atoms with Crippen LogP contribution in [-0.4, -0.2) is 16.1 Å². The summed E-state index contributed by atoms with van der Waals surface area (Å²) in [5.41, 5.74) is 2.86. The molecule has 6 heteroatoms. The number of carbonyl (C=O) groups is 1. The summed E-state index contributed by atoms with van der Waals surface area (Å²) in [6.07, 6.45) is 5.38. The van der Waals surface area contributed by atoms with Crippen molar-refractivity contribution in [3.8, 4) is 11.1 Å². The Morgan fingerprint density at radius 2 is 1.96 bits per heavy atom. The van der Waals surface area contributed by atoms with Crippen molar-refractivity contribution in [1.82, 2.24) is 15.3 Å². The topological polar surface area (TPSA) is 77.3 Å². The number of hydrogen-bond acceptors (Lipinski definition) is 5. The fourth-order valence-corrected chi connectivity index (χ4v) is 2.66. The highest BCUT2D eigenvalue weighted by Crippen LogP contribution is 2.36. The molecule has 1 N–H and O–H groups in total. The van der Waals surface area contributed by atoms with Crippen LogP contribution in [0.4, 0.5) is 4.79 Å². The molecule has 4 rings (SSSR count). The molecule has 0 unspecified atom stereocenters. The van der Waals surface area contributed by atoms with Crippen molar-refractivity contribution in [3.63, 3.8) is 0 Å². The molecule has 2 atom stereocenters. The molecule has 6 nitrogen and oxygen atoms in total. The van der Waals surface area contributed by atoms with Crippen LogP contribution in [0.5, 0.6) is 0 Å². The molecule has 1 fully saturated rings. The van der Waals surface area contributed by atoms with Crippen LogP contribution in [0.2, 0.25) is 0 Å². The van der Waals surface area contributed by atoms with Gasteiger partial charge in [-0.2, -0.15) is 0 Å². The molecular formula is C17H13N3O3. The van der Waals surface area contributed by atoms with Gasteiger partial charge in [-0.15, -0.1) is 0 Å². The van der Waals surface area contributed by atoms with Gasteiger partial charge in [0, 0.05) is 18.0 Å². The third-order valence-corrected chi connectivity index (χ3v) is 3.73. The van der Waals surface area contributed by atoms with Crippen LogP contribution in [0.1, 0.15) is 23.6 Å². The smallest absolute Gasteiger partial charge is 0.408 e. The third-order valence-electron chi connectivity index (χ3n) is 3.73. The molecule has 0 radical (unpaired) electrons. The van der Waals surface area contributed by atoms with Gasteiger partial charge in [-0.05, 0) is 17.2 Å². The lowest BCUT2D eigenvalue weighted by atomic mass is 10.00. The molecule has 3 aromatic rings. The van der Waals surface area contributed by atoms with Crippen molar-refractivity contribution >= 4 is 6.09 Å². The number of alkyl carbamates (subject to hydrolysis) is 1. The van der Waals surface area contributed by atoms with E-state index in [-0.39, 0.29) is 0 Å². The number of rotatable bonds is 3. The minimum absolute atomic E-state index is 0.360. The molecule has 1 amide bonds. The second-order valence-corrected chi connectivity index (χ2v) is 5.19. The first-order chi connectivity index (χ1) is 11.3. The Bertz CT molecular complexity index is 818. The number of ether oxygens (including phenoxy) is 1. The summed E-state index contributed by atoms with van der Waals surface area (Å²) in [5, 5.41) is 2.79. The Morgan fingerprint density at radius 1 is 1.09 bits per heavy atom. The van der Waals surface area contributed by atoms with E-state index >= 15 is 0 Å². The van der Waals surface area contributed by atoms with E-state index in [1.54, 1.807) is 12.4 Å². The average molecular weight is 307 g/mol. The first-order valence-electron chi connectivity index (χ1n) is 7.18. The molecule has 2 aromatic heterocycles. The zero-order valence-electron chi connectivity index (χ0n) is 12.0. The summed E-state index contributed by atoms with van der Waals surface area (Å²) < 4.78 is 10.6. The van der Waals surface area contributed by atoms with Crippen molar-refractivity contribution in [1.29, 1.82) is 0 Å². The van der Waals surface area contributed by atoms with Gasteiger partial charge < -0.3 is 14.5 Å². The molecule has 0 aliphatic carbocycles. The normalized spacial score (nSPS) is 20.1. The fourth-order valence-electron chi connectivity index (χ4n) is 2.66. The van der Waals surface area contributed by atoms with E-state index in [1.807, 2.05) is 36.4 Å². The van der Waals surface area contributed by atoms with E-state index in [2.05, 4.69) is 15.3 Å². The molecule has 1 saturated heterocycles. The molecule has 1 aromatic carbocycles. The van der Waals surface area contributed by atoms with E-state index in [4.69, 9.17) is 9.15 Å². The summed E-state index contributed by atoms with van der Waals surface area (Å²) in [5.74, 6) is 0.360. The van der Waals surface area contributed by atoms with Crippen molar-refractivity contribution < 1.29 is 13.9 Å². The lowest BCUT2D eigenvalue weighted by molar-refractivity contribution is 0.114. The molecule has 23 heavy (non-hydrogen) atoms. The number of pyridine rings is 1. The number of aromatic nitrogens is 2. The Labute approximate surface area is 132 Å². The summed E-state index contributed by atoms with van der Waals surface area (Å²) in [7, 11) is 0. The summed E-state index contributed by atoms with van der Waals surface area (Å²) in [6, 6.07) is 11.5. The Hall–Kier alpha value is -3.15. The zero-order chi connectivity index (χ0) is 15.6. The number of oxazole rings is 1. The molecule has 114 valence electrons. The first-order valence-corrected chi connectivity index (χ1v) is 7.18. The number of benzene rings is 1. The maximum atomic E-state index is 11.7. The van der Waals surface area contributed by atoms with Gasteiger partial charge >= 0.3 is 6.09 Å². The van der Waals surface area contributed by atoms with Gasteiger partial charge in [-0.25, -0.2) is 9.78 Å². The van der Waals surface area contributed by atoms with Gasteiger partial charge in [0.05, 0.1) is 6.20 Å². The Morgan fingerprint density at radius 3 is 2.74 bits per heavy atom. The third kappa shape index (κ3) is 2.55. The predicted molar refractivity (Wildman–Crippen MR) is 81.3 cm³/mol. The van der Waals surface area contributed by atoms with Crippen molar-refractivity contribution in [2.45, 2.75) is 12.1 Å². The van der Waals surface area contributed by atoms with Crippen molar-refractivity contribution in [2.75, 3.05) is 0 Å². The first kappa shape index (κ1) is 13.5. The predicted octanol–water partition coefficient (Wildman–Crippen LogP) is 3.26. The van der Waals surface area contributed by atoms with Crippen LogP contribution >= 0.6 is 0 Å². The summed E-state index contributed by atoms with van der Waals surface area (Å²) >= 11 is 0. The van der Waals surface area contributed by atoms with E-state index in [9.17, 15) is 4.79 Å². The number of amides is 1. The molecule has 1 aliphatic rings. The van der Waals surface area contributed by atoms with Crippen molar-refractivity contribution in [2.24, 2.45) is 0 Å². The lowest BCUT2D eigenvalue weighted by Crippen LogP contribution is -2.19. The van der Waals surface area contributed by atoms with Crippen LogP contribution in [-0.2, 0) is 4.74 Å². The largest absolute Gasteiger partial charge is 0.445 e. The van der Waals surface area contributed by atoms with Crippen LogP contribution in [0.15, 0.2) is 65.7 Å². The lowest BCUT2D eigenvalue weighted by Gasteiger charge is -2.15. The molecule has 0 spiro atoms. The quantitative estimate of drug-likeness (QED) is 0.803. The minimum Gasteiger partial charge on any atom is -0.445 e. The molecule has 0 bridgehead atoms. The minimum atomic E-state index is -0.606. The zero-order valence-corrected chi connectivity index (χ0v) is 12.0. The fraction of sp³-hybridized carbons (Fsp3) is 0.118. The summed E-state index contributed by atoms with van der Waals surface area (Å²) in [6.45, 7) is 0. The molecular weight excluding hydrogens is 294 g/mol. The Balaban J connectivity index is 1.71. The number of nitrogens with zero attached hydrogens (tertiary/aromatic N) is 2. The van der Waals surface area contributed by atoms with Crippen LogP contribution < -0.4 is 5.32 Å². The SMILES string of the molecule is O=C1N[C@H](c2cncc(-c3ccccc3)c2)[C@H](c2ncco2)O1. The van der Waals surface area contributed by atoms with E-state index < -0.39 is 18.2 Å². The second kappa shape index (κ2) is 5.57. The highest BCUT2D eigenvalue weighted by molar-refractivity contribution is 5.71. The van der Waals surface area contributed by atoms with Gasteiger partial charge in [0.2, 0.25) is 12.0 Å². The van der Waals surface area contributed by atoms with Gasteiger partial charge in [0.1, 0.15) is 12.3 Å². The van der Waals surface area contributed by atoms with Gasteiger partial charge in [-0.1, -0.05) is 30.3 Å². The second-order valence-electron chi connectivity index (χ2n) is 5.19. The van der Waals surface area contributed by atoms with E-state index in [1.165, 1.54) is 12.5 Å². The van der Waals surface area contributed by atoms with Crippen LogP contribution in [0.25, 0.3) is 11.1 Å². The van der Waals surface area contributed by atoms with E-state index in [0.717, 1.165) is 16.7 Å². The molecule has 0 saturated carbocycles. The highest BCUT2D eigenvalue weighted by Gasteiger charge is 2.39. The average Bonchev–Trinajstić information content (AvgIpc) is 3.25. The van der Waals surface area contributed by atoms with E-state index in [0.29, 0.717) is 5.89 Å². The van der Waals surface area contributed by atoms with Gasteiger partial charge in [0.15, 0.2) is 0 Å². The maximum absolute atomic E-state index is 11.7. The standard InChI is InChI=1S/C17H13N3O3/c21-17-20-14(15(23-17)16-19-6-7-22-16)13-8-12(9-18-10-13)11-4-2-1-3-5-11/h1-10,14-15H,(H,20,21)/t14-,15-/m1/s1. The number of hydrogen-bond donors (Lipinski definition) is 1. The van der Waals surface area contributed by atoms with Crippen LogP contribution in [0, 0.1) is 0 Å². The number of carbonyl (C=O) groups excluding carboxylic acids is 1. The molecule has 3 heterocycles.